The third-order valence-corrected chi connectivity index (χ3v) is 4.17. The van der Waals surface area contributed by atoms with Crippen molar-refractivity contribution in [1.82, 2.24) is 0 Å². The Labute approximate surface area is 145 Å². The zero-order valence-electron chi connectivity index (χ0n) is 14.3. The molecule has 0 unspecified atom stereocenters. The number of nitrogens with one attached hydrogen (secondary N) is 1. The Balaban J connectivity index is 1.81. The van der Waals surface area contributed by atoms with Crippen LogP contribution in [0, 0.1) is 6.92 Å². The third kappa shape index (κ3) is 3.28. The summed E-state index contributed by atoms with van der Waals surface area (Å²) in [6.07, 6.45) is -0.519. The first-order chi connectivity index (χ1) is 12.0. The van der Waals surface area contributed by atoms with Gasteiger partial charge in [0.2, 0.25) is 0 Å². The summed E-state index contributed by atoms with van der Waals surface area (Å²) in [5.41, 5.74) is 2.71. The highest BCUT2D eigenvalue weighted by molar-refractivity contribution is 6.00. The van der Waals surface area contributed by atoms with E-state index in [1.807, 2.05) is 19.1 Å². The Hall–Kier alpha value is -3.02. The van der Waals surface area contributed by atoms with Gasteiger partial charge in [-0.3, -0.25) is 4.79 Å². The molecule has 0 bridgehead atoms. The lowest BCUT2D eigenvalue weighted by atomic mass is 9.98. The summed E-state index contributed by atoms with van der Waals surface area (Å²) in [5.74, 6) is 0.231. The van der Waals surface area contributed by atoms with Gasteiger partial charge in [0.1, 0.15) is 0 Å². The summed E-state index contributed by atoms with van der Waals surface area (Å²) in [6.45, 7) is 1.85. The Morgan fingerprint density at radius 2 is 1.84 bits per heavy atom. The molecule has 1 aliphatic rings. The molecule has 6 heteroatoms. The molecular weight excluding hydrogens is 322 g/mol. The number of carbonyl (C=O) groups excluding carboxylic acids is 2. The van der Waals surface area contributed by atoms with Crippen LogP contribution in [0.2, 0.25) is 0 Å². The minimum atomic E-state index is -0.866. The van der Waals surface area contributed by atoms with E-state index in [0.29, 0.717) is 29.2 Å². The second-order valence-electron chi connectivity index (χ2n) is 5.77. The van der Waals surface area contributed by atoms with E-state index >= 15 is 0 Å². The first-order valence-corrected chi connectivity index (χ1v) is 7.86. The number of carbonyl (C=O) groups is 2. The second-order valence-corrected chi connectivity index (χ2v) is 5.77. The number of aryl methyl sites for hydroxylation is 1. The van der Waals surface area contributed by atoms with Crippen molar-refractivity contribution in [1.29, 1.82) is 0 Å². The van der Waals surface area contributed by atoms with Gasteiger partial charge in [0.05, 0.1) is 19.8 Å². The highest BCUT2D eigenvalue weighted by Gasteiger charge is 2.31. The van der Waals surface area contributed by atoms with Crippen LogP contribution in [0.25, 0.3) is 0 Å². The van der Waals surface area contributed by atoms with Crippen molar-refractivity contribution < 1.29 is 23.8 Å². The van der Waals surface area contributed by atoms with E-state index in [4.69, 9.17) is 14.2 Å². The quantitative estimate of drug-likeness (QED) is 0.866. The first kappa shape index (κ1) is 16.8. The van der Waals surface area contributed by atoms with E-state index in [0.717, 1.165) is 11.1 Å². The number of cyclic esters (lactones) is 1. The summed E-state index contributed by atoms with van der Waals surface area (Å²) in [5, 5.41) is 2.81. The van der Waals surface area contributed by atoms with Gasteiger partial charge in [0.15, 0.2) is 17.6 Å². The van der Waals surface area contributed by atoms with Crippen molar-refractivity contribution in [3.63, 3.8) is 0 Å². The maximum absolute atomic E-state index is 12.6. The average Bonchev–Trinajstić information content (AvgIpc) is 2.62. The smallest absolute Gasteiger partial charge is 0.339 e. The molecule has 2 aromatic rings. The third-order valence-electron chi connectivity index (χ3n) is 4.17. The molecule has 6 nitrogen and oxygen atoms in total. The number of fused-ring (bicyclic) bond motifs is 1. The van der Waals surface area contributed by atoms with Gasteiger partial charge < -0.3 is 19.5 Å². The number of rotatable bonds is 4. The van der Waals surface area contributed by atoms with Crippen LogP contribution in [0.5, 0.6) is 11.5 Å². The molecule has 1 atom stereocenters. The number of hydrogen-bond donors (Lipinski definition) is 1. The van der Waals surface area contributed by atoms with Gasteiger partial charge in [-0.25, -0.2) is 4.79 Å². The van der Waals surface area contributed by atoms with E-state index < -0.39 is 12.1 Å². The van der Waals surface area contributed by atoms with Crippen molar-refractivity contribution in [2.24, 2.45) is 0 Å². The van der Waals surface area contributed by atoms with Gasteiger partial charge in [-0.05, 0) is 30.2 Å². The van der Waals surface area contributed by atoms with E-state index in [1.54, 1.807) is 31.4 Å². The van der Waals surface area contributed by atoms with Crippen molar-refractivity contribution >= 4 is 17.6 Å². The Bertz CT molecular complexity index is 831. The number of benzene rings is 2. The number of hydrogen-bond acceptors (Lipinski definition) is 5. The van der Waals surface area contributed by atoms with Crippen LogP contribution in [0.4, 0.5) is 5.69 Å². The fraction of sp³-hybridized carbons (Fsp3) is 0.263. The van der Waals surface area contributed by atoms with Crippen molar-refractivity contribution in [2.75, 3.05) is 19.5 Å². The fourth-order valence-electron chi connectivity index (χ4n) is 2.81. The first-order valence-electron chi connectivity index (χ1n) is 7.86. The standard InChI is InChI=1S/C19H19NO5/c1-11-8-15(23-2)16(24-3)10-14(11)20-18(21)17-9-12-6-4-5-7-13(12)19(22)25-17/h4-8,10,17H,9H2,1-3H3,(H,20,21)/t17-/m1/s1. The number of ether oxygens (including phenoxy) is 3. The molecule has 0 radical (unpaired) electrons. The molecule has 0 fully saturated rings. The fourth-order valence-corrected chi connectivity index (χ4v) is 2.81. The molecule has 0 spiro atoms. The van der Waals surface area contributed by atoms with Gasteiger partial charge in [0, 0.05) is 18.2 Å². The molecule has 130 valence electrons. The average molecular weight is 341 g/mol. The predicted molar refractivity (Wildman–Crippen MR) is 92.3 cm³/mol. The van der Waals surface area contributed by atoms with Gasteiger partial charge in [-0.2, -0.15) is 0 Å². The van der Waals surface area contributed by atoms with Gasteiger partial charge in [-0.1, -0.05) is 18.2 Å². The van der Waals surface area contributed by atoms with Crippen LogP contribution in [0.15, 0.2) is 36.4 Å². The lowest BCUT2D eigenvalue weighted by molar-refractivity contribution is -0.125. The van der Waals surface area contributed by atoms with Crippen LogP contribution in [0.1, 0.15) is 21.5 Å². The highest BCUT2D eigenvalue weighted by atomic mass is 16.5. The van der Waals surface area contributed by atoms with Crippen LogP contribution >= 0.6 is 0 Å². The lowest BCUT2D eigenvalue weighted by Gasteiger charge is -2.24. The van der Waals surface area contributed by atoms with Gasteiger partial charge >= 0.3 is 5.97 Å². The molecule has 0 saturated heterocycles. The molecule has 0 aliphatic carbocycles. The van der Waals surface area contributed by atoms with Crippen molar-refractivity contribution in [3.05, 3.63) is 53.1 Å². The molecular formula is C19H19NO5. The highest BCUT2D eigenvalue weighted by Crippen LogP contribution is 2.33. The largest absolute Gasteiger partial charge is 0.493 e. The number of anilines is 1. The van der Waals surface area contributed by atoms with E-state index in [-0.39, 0.29) is 5.91 Å². The molecule has 1 N–H and O–H groups in total. The van der Waals surface area contributed by atoms with Crippen LogP contribution < -0.4 is 14.8 Å². The lowest BCUT2D eigenvalue weighted by Crippen LogP contribution is -2.38. The number of esters is 1. The molecule has 3 rings (SSSR count). The monoisotopic (exact) mass is 341 g/mol. The molecule has 25 heavy (non-hydrogen) atoms. The molecule has 2 aromatic carbocycles. The van der Waals surface area contributed by atoms with Gasteiger partial charge in [-0.15, -0.1) is 0 Å². The zero-order valence-corrected chi connectivity index (χ0v) is 14.3. The Morgan fingerprint density at radius 3 is 2.56 bits per heavy atom. The van der Waals surface area contributed by atoms with Gasteiger partial charge in [0.25, 0.3) is 5.91 Å². The predicted octanol–water partition coefficient (Wildman–Crippen LogP) is 2.73. The Kier molecular flexibility index (Phi) is 4.61. The molecule has 1 amide bonds. The summed E-state index contributed by atoms with van der Waals surface area (Å²) in [4.78, 5) is 24.6. The van der Waals surface area contributed by atoms with E-state index in [9.17, 15) is 9.59 Å². The maximum atomic E-state index is 12.6. The normalized spacial score (nSPS) is 15.8. The van der Waals surface area contributed by atoms with Crippen LogP contribution in [-0.2, 0) is 16.0 Å². The summed E-state index contributed by atoms with van der Waals surface area (Å²) in [6, 6.07) is 10.6. The summed E-state index contributed by atoms with van der Waals surface area (Å²) >= 11 is 0. The molecule has 0 saturated carbocycles. The van der Waals surface area contributed by atoms with E-state index in [2.05, 4.69) is 5.32 Å². The van der Waals surface area contributed by atoms with Crippen LogP contribution in [0.3, 0.4) is 0 Å². The maximum Gasteiger partial charge on any atom is 0.339 e. The molecule has 1 heterocycles. The SMILES string of the molecule is COc1cc(C)c(NC(=O)[C@H]2Cc3ccccc3C(=O)O2)cc1OC. The summed E-state index contributed by atoms with van der Waals surface area (Å²) in [7, 11) is 3.08. The van der Waals surface area contributed by atoms with E-state index in [1.165, 1.54) is 7.11 Å². The number of methoxy groups -OCH3 is 2. The minimum absolute atomic E-state index is 0.347. The van der Waals surface area contributed by atoms with Crippen LogP contribution in [-0.4, -0.2) is 32.2 Å². The van der Waals surface area contributed by atoms with Crippen molar-refractivity contribution in [2.45, 2.75) is 19.4 Å². The van der Waals surface area contributed by atoms with Crippen molar-refractivity contribution in [3.8, 4) is 11.5 Å². The minimum Gasteiger partial charge on any atom is -0.493 e. The molecule has 1 aliphatic heterocycles. The molecule has 0 aromatic heterocycles. The Morgan fingerprint density at radius 1 is 1.16 bits per heavy atom. The number of amides is 1. The summed E-state index contributed by atoms with van der Waals surface area (Å²) < 4.78 is 15.8. The zero-order chi connectivity index (χ0) is 18.0. The topological polar surface area (TPSA) is 73.9 Å². The second kappa shape index (κ2) is 6.84.